The van der Waals surface area contributed by atoms with Crippen molar-refractivity contribution in [1.82, 2.24) is 9.78 Å². The van der Waals surface area contributed by atoms with E-state index in [4.69, 9.17) is 0 Å². The van der Waals surface area contributed by atoms with Gasteiger partial charge in [-0.05, 0) is 12.5 Å². The fourth-order valence-electron chi connectivity index (χ4n) is 1.83. The molecule has 82 valence electrons. The van der Waals surface area contributed by atoms with Gasteiger partial charge >= 0.3 is 0 Å². The lowest BCUT2D eigenvalue weighted by molar-refractivity contribution is 0.112. The third-order valence-electron chi connectivity index (χ3n) is 2.59. The van der Waals surface area contributed by atoms with Gasteiger partial charge in [-0.25, -0.2) is 0 Å². The molecule has 0 aliphatic heterocycles. The van der Waals surface area contributed by atoms with Crippen molar-refractivity contribution in [3.63, 3.8) is 0 Å². The van der Waals surface area contributed by atoms with Crippen molar-refractivity contribution < 1.29 is 4.79 Å². The van der Waals surface area contributed by atoms with Gasteiger partial charge in [0.15, 0.2) is 6.29 Å². The van der Waals surface area contributed by atoms with E-state index >= 15 is 0 Å². The molecule has 4 heteroatoms. The molecule has 0 aliphatic carbocycles. The fourth-order valence-corrected chi connectivity index (χ4v) is 1.83. The van der Waals surface area contributed by atoms with E-state index in [9.17, 15) is 9.59 Å². The molecule has 4 nitrogen and oxygen atoms in total. The molecule has 0 atom stereocenters. The van der Waals surface area contributed by atoms with Crippen LogP contribution in [0.4, 0.5) is 0 Å². The SMILES string of the molecule is Cc1[nH]n(C)c(=O)c1-c1ccccc1C=O. The maximum absolute atomic E-state index is 11.9. The average Bonchev–Trinajstić information content (AvgIpc) is 2.53. The number of rotatable bonds is 2. The van der Waals surface area contributed by atoms with Gasteiger partial charge in [-0.2, -0.15) is 0 Å². The smallest absolute Gasteiger partial charge is 0.274 e. The van der Waals surface area contributed by atoms with E-state index in [1.807, 2.05) is 13.0 Å². The fraction of sp³-hybridized carbons (Fsp3) is 0.167. The maximum atomic E-state index is 11.9. The van der Waals surface area contributed by atoms with E-state index in [1.54, 1.807) is 25.2 Å². The quantitative estimate of drug-likeness (QED) is 0.773. The Bertz CT molecular complexity index is 593. The highest BCUT2D eigenvalue weighted by Crippen LogP contribution is 2.21. The third kappa shape index (κ3) is 1.48. The second kappa shape index (κ2) is 3.81. The van der Waals surface area contributed by atoms with Crippen molar-refractivity contribution in [1.29, 1.82) is 0 Å². The van der Waals surface area contributed by atoms with Gasteiger partial charge in [-0.1, -0.05) is 24.3 Å². The summed E-state index contributed by atoms with van der Waals surface area (Å²) in [4.78, 5) is 22.8. The molecule has 0 spiro atoms. The number of aromatic amines is 1. The number of nitrogens with one attached hydrogen (secondary N) is 1. The molecule has 0 saturated heterocycles. The summed E-state index contributed by atoms with van der Waals surface area (Å²) in [7, 11) is 1.66. The van der Waals surface area contributed by atoms with Gasteiger partial charge in [0.1, 0.15) is 0 Å². The van der Waals surface area contributed by atoms with Crippen LogP contribution in [-0.2, 0) is 7.05 Å². The van der Waals surface area contributed by atoms with Crippen LogP contribution in [0.5, 0.6) is 0 Å². The zero-order valence-electron chi connectivity index (χ0n) is 9.15. The van der Waals surface area contributed by atoms with E-state index in [0.717, 1.165) is 12.0 Å². The number of aryl methyl sites for hydroxylation is 2. The highest BCUT2D eigenvalue weighted by Gasteiger charge is 2.13. The first kappa shape index (κ1) is 10.4. The molecule has 0 saturated carbocycles. The third-order valence-corrected chi connectivity index (χ3v) is 2.59. The molecule has 1 aromatic carbocycles. The predicted octanol–water partition coefficient (Wildman–Crippen LogP) is 1.50. The Morgan fingerprint density at radius 2 is 2.00 bits per heavy atom. The monoisotopic (exact) mass is 216 g/mol. The van der Waals surface area contributed by atoms with Crippen LogP contribution in [0.1, 0.15) is 16.1 Å². The lowest BCUT2D eigenvalue weighted by Crippen LogP contribution is -2.13. The molecule has 0 bridgehead atoms. The van der Waals surface area contributed by atoms with Gasteiger partial charge in [0, 0.05) is 18.3 Å². The van der Waals surface area contributed by atoms with Crippen LogP contribution < -0.4 is 5.56 Å². The number of nitrogens with zero attached hydrogens (tertiary/aromatic N) is 1. The van der Waals surface area contributed by atoms with E-state index in [1.165, 1.54) is 4.68 Å². The lowest BCUT2D eigenvalue weighted by Gasteiger charge is -2.01. The normalized spacial score (nSPS) is 10.4. The minimum atomic E-state index is -0.119. The van der Waals surface area contributed by atoms with Crippen LogP contribution in [-0.4, -0.2) is 16.1 Å². The first-order valence-corrected chi connectivity index (χ1v) is 4.95. The summed E-state index contributed by atoms with van der Waals surface area (Å²) in [6, 6.07) is 7.07. The predicted molar refractivity (Wildman–Crippen MR) is 61.6 cm³/mol. The van der Waals surface area contributed by atoms with Crippen LogP contribution in [0.2, 0.25) is 0 Å². The molecule has 1 heterocycles. The van der Waals surface area contributed by atoms with Gasteiger partial charge in [-0.3, -0.25) is 19.4 Å². The Labute approximate surface area is 92.5 Å². The molecule has 0 unspecified atom stereocenters. The Morgan fingerprint density at radius 3 is 2.56 bits per heavy atom. The van der Waals surface area contributed by atoms with Crippen molar-refractivity contribution in [3.8, 4) is 11.1 Å². The molecule has 0 radical (unpaired) electrons. The molecule has 16 heavy (non-hydrogen) atoms. The summed E-state index contributed by atoms with van der Waals surface area (Å²) in [5.74, 6) is 0. The molecule has 1 N–H and O–H groups in total. The summed E-state index contributed by atoms with van der Waals surface area (Å²) in [6.07, 6.45) is 0.765. The van der Waals surface area contributed by atoms with E-state index in [2.05, 4.69) is 5.10 Å². The number of aromatic nitrogens is 2. The van der Waals surface area contributed by atoms with Crippen molar-refractivity contribution >= 4 is 6.29 Å². The zero-order valence-corrected chi connectivity index (χ0v) is 9.15. The van der Waals surface area contributed by atoms with Crippen LogP contribution in [0, 0.1) is 6.92 Å². The summed E-state index contributed by atoms with van der Waals surface area (Å²) in [5.41, 5.74) is 2.41. The zero-order chi connectivity index (χ0) is 11.7. The Hall–Kier alpha value is -2.10. The van der Waals surface area contributed by atoms with Crippen LogP contribution in [0.3, 0.4) is 0 Å². The van der Waals surface area contributed by atoms with Gasteiger partial charge in [0.05, 0.1) is 5.56 Å². The van der Waals surface area contributed by atoms with Crippen molar-refractivity contribution in [2.45, 2.75) is 6.92 Å². The minimum absolute atomic E-state index is 0.119. The second-order valence-corrected chi connectivity index (χ2v) is 3.68. The highest BCUT2D eigenvalue weighted by molar-refractivity contribution is 5.87. The van der Waals surface area contributed by atoms with Gasteiger partial charge in [0.2, 0.25) is 0 Å². The topological polar surface area (TPSA) is 54.9 Å². The Balaban J connectivity index is 2.77. The summed E-state index contributed by atoms with van der Waals surface area (Å²) in [5, 5.41) is 2.91. The van der Waals surface area contributed by atoms with Crippen LogP contribution in [0.25, 0.3) is 11.1 Å². The van der Waals surface area contributed by atoms with Gasteiger partial charge in [0.25, 0.3) is 5.56 Å². The molecular formula is C12H12N2O2. The van der Waals surface area contributed by atoms with Crippen molar-refractivity contribution in [2.75, 3.05) is 0 Å². The number of hydrogen-bond acceptors (Lipinski definition) is 2. The minimum Gasteiger partial charge on any atom is -0.300 e. The molecule has 1 aromatic heterocycles. The first-order valence-electron chi connectivity index (χ1n) is 4.95. The second-order valence-electron chi connectivity index (χ2n) is 3.68. The van der Waals surface area contributed by atoms with Gasteiger partial charge < -0.3 is 0 Å². The number of aldehydes is 1. The number of hydrogen-bond donors (Lipinski definition) is 1. The number of carbonyl (C=O) groups is 1. The lowest BCUT2D eigenvalue weighted by atomic mass is 10.0. The number of carbonyl (C=O) groups excluding carboxylic acids is 1. The largest absolute Gasteiger partial charge is 0.300 e. The Morgan fingerprint density at radius 1 is 1.31 bits per heavy atom. The molecule has 2 aromatic rings. The van der Waals surface area contributed by atoms with Crippen molar-refractivity contribution in [3.05, 3.63) is 45.9 Å². The number of H-pyrrole nitrogens is 1. The van der Waals surface area contributed by atoms with E-state index in [-0.39, 0.29) is 5.56 Å². The molecule has 0 fully saturated rings. The maximum Gasteiger partial charge on any atom is 0.274 e. The summed E-state index contributed by atoms with van der Waals surface area (Å²) < 4.78 is 1.41. The Kier molecular flexibility index (Phi) is 2.48. The van der Waals surface area contributed by atoms with E-state index < -0.39 is 0 Å². The first-order chi connectivity index (χ1) is 7.65. The average molecular weight is 216 g/mol. The highest BCUT2D eigenvalue weighted by atomic mass is 16.1. The molecular weight excluding hydrogens is 204 g/mol. The summed E-state index contributed by atoms with van der Waals surface area (Å²) in [6.45, 7) is 1.82. The molecule has 2 rings (SSSR count). The molecule has 0 amide bonds. The van der Waals surface area contributed by atoms with Crippen LogP contribution in [0.15, 0.2) is 29.1 Å². The summed E-state index contributed by atoms with van der Waals surface area (Å²) >= 11 is 0. The number of benzene rings is 1. The standard InChI is InChI=1S/C12H12N2O2/c1-8-11(12(16)14(2)13-8)10-6-4-3-5-9(10)7-15/h3-7,13H,1-2H3. The van der Waals surface area contributed by atoms with Crippen LogP contribution >= 0.6 is 0 Å². The van der Waals surface area contributed by atoms with Crippen molar-refractivity contribution in [2.24, 2.45) is 7.05 Å². The molecule has 0 aliphatic rings. The van der Waals surface area contributed by atoms with Gasteiger partial charge in [-0.15, -0.1) is 0 Å². The van der Waals surface area contributed by atoms with E-state index in [0.29, 0.717) is 16.7 Å².